The zero-order valence-corrected chi connectivity index (χ0v) is 36.8. The molecule has 0 saturated heterocycles. The van der Waals surface area contributed by atoms with Crippen LogP contribution in [-0.4, -0.2) is 43.3 Å². The number of phosphoric acid groups is 1. The van der Waals surface area contributed by atoms with Crippen LogP contribution in [0.5, 0.6) is 0 Å². The minimum Gasteiger partial charge on any atom is -0.462 e. The fourth-order valence-electron chi connectivity index (χ4n) is 7.01. The first kappa shape index (κ1) is 53.0. The molecule has 2 atom stereocenters. The summed E-state index contributed by atoms with van der Waals surface area (Å²) in [6.45, 7) is 3.93. The van der Waals surface area contributed by atoms with E-state index in [0.717, 1.165) is 45.6 Å². The van der Waals surface area contributed by atoms with E-state index >= 15 is 0 Å². The monoisotopic (exact) mass is 789 g/mol. The zero-order chi connectivity index (χ0) is 39.6. The van der Waals surface area contributed by atoms with Gasteiger partial charge in [-0.1, -0.05) is 226 Å². The van der Waals surface area contributed by atoms with Gasteiger partial charge in [-0.2, -0.15) is 0 Å². The van der Waals surface area contributed by atoms with Gasteiger partial charge in [-0.15, -0.1) is 0 Å². The number of carbonyl (C=O) groups excluding carboxylic acids is 2. The van der Waals surface area contributed by atoms with Gasteiger partial charge in [-0.3, -0.25) is 18.6 Å². The van der Waals surface area contributed by atoms with Gasteiger partial charge in [0.2, 0.25) is 0 Å². The van der Waals surface area contributed by atoms with Crippen molar-refractivity contribution in [3.8, 4) is 0 Å². The Bertz CT molecular complexity index is 854. The third-order valence-electron chi connectivity index (χ3n) is 10.6. The molecular weight excluding hydrogens is 699 g/mol. The maximum absolute atomic E-state index is 12.5. The van der Waals surface area contributed by atoms with E-state index in [1.807, 2.05) is 0 Å². The van der Waals surface area contributed by atoms with Crippen molar-refractivity contribution in [2.45, 2.75) is 258 Å². The Labute approximate surface area is 334 Å². The summed E-state index contributed by atoms with van der Waals surface area (Å²) in [6.07, 6.45) is 44.4. The summed E-state index contributed by atoms with van der Waals surface area (Å²) in [4.78, 5) is 34.5. The van der Waals surface area contributed by atoms with Gasteiger partial charge >= 0.3 is 19.8 Å². The number of hydrogen-bond acceptors (Lipinski definition) is 7. The molecule has 0 radical (unpaired) electrons. The predicted octanol–water partition coefficient (Wildman–Crippen LogP) is 14.7. The second-order valence-corrected chi connectivity index (χ2v) is 17.5. The lowest BCUT2D eigenvalue weighted by Crippen LogP contribution is -2.29. The second-order valence-electron chi connectivity index (χ2n) is 15.9. The lowest BCUT2D eigenvalue weighted by Gasteiger charge is -2.19. The third kappa shape index (κ3) is 40.7. The molecule has 2 unspecified atom stereocenters. The maximum atomic E-state index is 12.5. The van der Waals surface area contributed by atoms with Crippen LogP contribution in [0.1, 0.15) is 251 Å². The molecule has 0 aromatic heterocycles. The number of carbonyl (C=O) groups is 2. The topological polar surface area (TPSA) is 108 Å². The highest BCUT2D eigenvalue weighted by atomic mass is 31.2. The fraction of sp³-hybridized carbons (Fsp3) is 0.956. The van der Waals surface area contributed by atoms with Crippen LogP contribution < -0.4 is 0 Å². The number of esters is 2. The van der Waals surface area contributed by atoms with E-state index in [1.165, 1.54) is 186 Å². The molecule has 0 aromatic carbocycles. The molecule has 0 aliphatic carbocycles. The Hall–Kier alpha value is -0.950. The quantitative estimate of drug-likeness (QED) is 0.0369. The van der Waals surface area contributed by atoms with Crippen LogP contribution in [0.4, 0.5) is 0 Å². The molecule has 0 rings (SSSR count). The van der Waals surface area contributed by atoms with Gasteiger partial charge in [-0.05, 0) is 12.8 Å². The van der Waals surface area contributed by atoms with Crippen LogP contribution in [0.15, 0.2) is 0 Å². The lowest BCUT2D eigenvalue weighted by molar-refractivity contribution is -0.161. The van der Waals surface area contributed by atoms with E-state index in [4.69, 9.17) is 14.0 Å². The van der Waals surface area contributed by atoms with E-state index in [0.29, 0.717) is 6.42 Å². The predicted molar refractivity (Wildman–Crippen MR) is 226 cm³/mol. The van der Waals surface area contributed by atoms with E-state index in [2.05, 4.69) is 18.4 Å². The van der Waals surface area contributed by atoms with Gasteiger partial charge in [0.1, 0.15) is 6.61 Å². The van der Waals surface area contributed by atoms with Crippen LogP contribution in [0, 0.1) is 0 Å². The van der Waals surface area contributed by atoms with Crippen LogP contribution in [0.2, 0.25) is 0 Å². The highest BCUT2D eigenvalue weighted by Gasteiger charge is 2.24. The van der Waals surface area contributed by atoms with Gasteiger partial charge in [0.05, 0.1) is 6.61 Å². The molecule has 54 heavy (non-hydrogen) atoms. The van der Waals surface area contributed by atoms with Crippen molar-refractivity contribution in [3.63, 3.8) is 0 Å². The molecule has 0 heterocycles. The van der Waals surface area contributed by atoms with Crippen molar-refractivity contribution in [3.05, 3.63) is 0 Å². The summed E-state index contributed by atoms with van der Waals surface area (Å²) in [5.74, 6) is -0.784. The molecule has 0 fully saturated rings. The SMILES string of the molecule is CCCCCCCCCCCCCCCCCCCCCCC(=O)OC(COC(=O)CCCCCCCCCCCCCCCCC)COP(=O)(O)OC. The van der Waals surface area contributed by atoms with E-state index in [9.17, 15) is 19.0 Å². The third-order valence-corrected chi connectivity index (χ3v) is 11.5. The maximum Gasteiger partial charge on any atom is 0.472 e. The van der Waals surface area contributed by atoms with Gasteiger partial charge in [0.25, 0.3) is 0 Å². The van der Waals surface area contributed by atoms with Crippen LogP contribution >= 0.6 is 7.82 Å². The first-order valence-electron chi connectivity index (χ1n) is 23.2. The van der Waals surface area contributed by atoms with Gasteiger partial charge < -0.3 is 14.4 Å². The molecular formula is C45H89O8P. The summed E-state index contributed by atoms with van der Waals surface area (Å²) >= 11 is 0. The van der Waals surface area contributed by atoms with Crippen molar-refractivity contribution in [2.75, 3.05) is 20.3 Å². The van der Waals surface area contributed by atoms with Crippen molar-refractivity contribution >= 4 is 19.8 Å². The van der Waals surface area contributed by atoms with Crippen molar-refractivity contribution in [1.82, 2.24) is 0 Å². The molecule has 9 heteroatoms. The van der Waals surface area contributed by atoms with Gasteiger partial charge in [0.15, 0.2) is 6.10 Å². The van der Waals surface area contributed by atoms with Gasteiger partial charge in [0, 0.05) is 20.0 Å². The molecule has 8 nitrogen and oxygen atoms in total. The number of hydrogen-bond donors (Lipinski definition) is 1. The second kappa shape index (κ2) is 41.7. The summed E-state index contributed by atoms with van der Waals surface area (Å²) in [5.41, 5.74) is 0. The standard InChI is InChI=1S/C45H89O8P/c1-4-6-8-10-12-14-16-18-20-21-22-23-24-26-28-30-32-34-36-38-40-45(47)53-43(42-52-54(48,49)50-3)41-51-44(46)39-37-35-33-31-29-27-25-19-17-15-13-11-9-7-5-2/h43H,4-42H2,1-3H3,(H,48,49). The van der Waals surface area contributed by atoms with E-state index < -0.39 is 26.5 Å². The molecule has 0 saturated carbocycles. The summed E-state index contributed by atoms with van der Waals surface area (Å²) < 4.78 is 32.1. The van der Waals surface area contributed by atoms with Crippen molar-refractivity contribution in [2.24, 2.45) is 0 Å². The highest BCUT2D eigenvalue weighted by molar-refractivity contribution is 7.47. The fourth-order valence-corrected chi connectivity index (χ4v) is 7.47. The first-order chi connectivity index (χ1) is 26.3. The van der Waals surface area contributed by atoms with Crippen LogP contribution in [0.25, 0.3) is 0 Å². The molecule has 0 aromatic rings. The average Bonchev–Trinajstić information content (AvgIpc) is 3.16. The number of unbranched alkanes of at least 4 members (excludes halogenated alkanes) is 33. The Morgan fingerprint density at radius 3 is 1.02 bits per heavy atom. The van der Waals surface area contributed by atoms with E-state index in [1.54, 1.807) is 0 Å². The molecule has 0 spiro atoms. The number of ether oxygens (including phenoxy) is 2. The molecule has 0 aliphatic heterocycles. The minimum atomic E-state index is -4.25. The minimum absolute atomic E-state index is 0.216. The van der Waals surface area contributed by atoms with Crippen LogP contribution in [-0.2, 0) is 32.7 Å². The molecule has 0 amide bonds. The molecule has 0 bridgehead atoms. The highest BCUT2D eigenvalue weighted by Crippen LogP contribution is 2.42. The largest absolute Gasteiger partial charge is 0.472 e. The number of rotatable bonds is 44. The summed E-state index contributed by atoms with van der Waals surface area (Å²) in [7, 11) is -3.19. The Morgan fingerprint density at radius 1 is 0.444 bits per heavy atom. The summed E-state index contributed by atoms with van der Waals surface area (Å²) in [5, 5.41) is 0. The Kier molecular flexibility index (Phi) is 40.9. The summed E-state index contributed by atoms with van der Waals surface area (Å²) in [6, 6.07) is 0. The van der Waals surface area contributed by atoms with Crippen molar-refractivity contribution in [1.29, 1.82) is 0 Å². The average molecular weight is 789 g/mol. The Morgan fingerprint density at radius 2 is 0.722 bits per heavy atom. The zero-order valence-electron chi connectivity index (χ0n) is 35.9. The molecule has 322 valence electrons. The lowest BCUT2D eigenvalue weighted by atomic mass is 10.0. The molecule has 0 aliphatic rings. The van der Waals surface area contributed by atoms with Gasteiger partial charge in [-0.25, -0.2) is 4.57 Å². The van der Waals surface area contributed by atoms with E-state index in [-0.39, 0.29) is 19.0 Å². The van der Waals surface area contributed by atoms with Crippen LogP contribution in [0.3, 0.4) is 0 Å². The normalized spacial score (nSPS) is 13.2. The van der Waals surface area contributed by atoms with Crippen molar-refractivity contribution < 1.29 is 37.6 Å². The number of phosphoric ester groups is 1. The Balaban J connectivity index is 3.89. The smallest absolute Gasteiger partial charge is 0.462 e. The first-order valence-corrected chi connectivity index (χ1v) is 24.7. The molecule has 1 N–H and O–H groups in total.